The van der Waals surface area contributed by atoms with E-state index in [0.29, 0.717) is 17.0 Å². The molecule has 0 aliphatic heterocycles. The topological polar surface area (TPSA) is 78.3 Å². The lowest BCUT2D eigenvalue weighted by Crippen LogP contribution is -2.03. The molecule has 0 aliphatic carbocycles. The lowest BCUT2D eigenvalue weighted by atomic mass is 9.90. The molecule has 0 radical (unpaired) electrons. The summed E-state index contributed by atoms with van der Waals surface area (Å²) in [5, 5.41) is 22.4. The van der Waals surface area contributed by atoms with E-state index in [-0.39, 0.29) is 0 Å². The van der Waals surface area contributed by atoms with Crippen LogP contribution in [-0.4, -0.2) is 14.5 Å². The predicted molar refractivity (Wildman–Crippen MR) is 218 cm³/mol. The number of fused-ring (bicyclic) bond motifs is 3. The Morgan fingerprint density at radius 2 is 0.981 bits per heavy atom. The molecule has 0 N–H and O–H groups in total. The third-order valence-corrected chi connectivity index (χ3v) is 9.89. The summed E-state index contributed by atoms with van der Waals surface area (Å²) in [6.45, 7) is 2.12. The SMILES string of the molecule is Cc1ccc2c(c1)c1ccccc1n2-c1c(-c2cccc(C#N)c2)cc(-c2cc(-c3ccccc3)nc(-c3ccccc3)n2)cc1-c1cccc(C#N)c1. The third-order valence-electron chi connectivity index (χ3n) is 9.89. The molecule has 9 aromatic rings. The fourth-order valence-corrected chi connectivity index (χ4v) is 7.37. The van der Waals surface area contributed by atoms with Crippen molar-refractivity contribution in [2.24, 2.45) is 0 Å². The molecule has 0 atom stereocenters. The first kappa shape index (κ1) is 32.3. The molecule has 54 heavy (non-hydrogen) atoms. The predicted octanol–water partition coefficient (Wildman–Crippen LogP) is 12.0. The van der Waals surface area contributed by atoms with Gasteiger partial charge in [-0.3, -0.25) is 0 Å². The molecule has 0 fully saturated rings. The van der Waals surface area contributed by atoms with Crippen LogP contribution in [0.2, 0.25) is 0 Å². The number of hydrogen-bond acceptors (Lipinski definition) is 4. The van der Waals surface area contributed by atoms with Crippen LogP contribution >= 0.6 is 0 Å². The molecule has 0 amide bonds. The molecule has 0 unspecified atom stereocenters. The van der Waals surface area contributed by atoms with Gasteiger partial charge in [0.25, 0.3) is 0 Å². The van der Waals surface area contributed by atoms with E-state index in [9.17, 15) is 10.5 Å². The Bertz CT molecular complexity index is 2830. The highest BCUT2D eigenvalue weighted by molar-refractivity contribution is 6.11. The molecule has 5 nitrogen and oxygen atoms in total. The molecular formula is C49H31N5. The Labute approximate surface area is 313 Å². The third kappa shape index (κ3) is 5.77. The summed E-state index contributed by atoms with van der Waals surface area (Å²) in [5.41, 5.74) is 13.3. The first-order valence-corrected chi connectivity index (χ1v) is 17.8. The largest absolute Gasteiger partial charge is 0.308 e. The van der Waals surface area contributed by atoms with Gasteiger partial charge in [-0.05, 0) is 78.7 Å². The van der Waals surface area contributed by atoms with E-state index < -0.39 is 0 Å². The van der Waals surface area contributed by atoms with E-state index in [1.807, 2.05) is 91.0 Å². The van der Waals surface area contributed by atoms with Gasteiger partial charge in [0, 0.05) is 38.6 Å². The molecule has 0 saturated heterocycles. The quantitative estimate of drug-likeness (QED) is 0.174. The van der Waals surface area contributed by atoms with Crippen LogP contribution in [0.25, 0.3) is 83.6 Å². The molecule has 0 aliphatic rings. The summed E-state index contributed by atoms with van der Waals surface area (Å²) in [7, 11) is 0. The molecule has 252 valence electrons. The van der Waals surface area contributed by atoms with Crippen LogP contribution in [0.4, 0.5) is 0 Å². The maximum absolute atomic E-state index is 10.1. The molecule has 2 heterocycles. The number of rotatable bonds is 6. The van der Waals surface area contributed by atoms with Gasteiger partial charge in [0.05, 0.1) is 51.4 Å². The van der Waals surface area contributed by atoms with Crippen molar-refractivity contribution >= 4 is 21.8 Å². The number of aromatic nitrogens is 3. The second-order valence-corrected chi connectivity index (χ2v) is 13.4. The molecule has 0 spiro atoms. The van der Waals surface area contributed by atoms with Gasteiger partial charge in [-0.2, -0.15) is 10.5 Å². The summed E-state index contributed by atoms with van der Waals surface area (Å²) in [5.74, 6) is 0.620. The van der Waals surface area contributed by atoms with E-state index in [1.54, 1.807) is 0 Å². The normalized spacial score (nSPS) is 11.0. The minimum Gasteiger partial charge on any atom is -0.308 e. The average molecular weight is 690 g/mol. The van der Waals surface area contributed by atoms with Crippen LogP contribution in [0.3, 0.4) is 0 Å². The highest BCUT2D eigenvalue weighted by Gasteiger charge is 2.23. The monoisotopic (exact) mass is 689 g/mol. The van der Waals surface area contributed by atoms with Crippen molar-refractivity contribution in [3.8, 4) is 74.0 Å². The number of nitriles is 2. The van der Waals surface area contributed by atoms with E-state index in [0.717, 1.165) is 77.8 Å². The zero-order valence-corrected chi connectivity index (χ0v) is 29.4. The minimum atomic E-state index is 0.564. The number of nitrogens with zero attached hydrogens (tertiary/aromatic N) is 5. The number of para-hydroxylation sites is 1. The summed E-state index contributed by atoms with van der Waals surface area (Å²) in [6.07, 6.45) is 0. The van der Waals surface area contributed by atoms with Crippen molar-refractivity contribution in [3.05, 3.63) is 187 Å². The smallest absolute Gasteiger partial charge is 0.160 e. The van der Waals surface area contributed by atoms with Gasteiger partial charge in [0.15, 0.2) is 5.82 Å². The Kier molecular flexibility index (Phi) is 8.08. The molecule has 9 rings (SSSR count). The molecule has 2 aromatic heterocycles. The van der Waals surface area contributed by atoms with E-state index in [2.05, 4.69) is 102 Å². The molecule has 7 aromatic carbocycles. The molecule has 5 heteroatoms. The van der Waals surface area contributed by atoms with Crippen molar-refractivity contribution in [3.63, 3.8) is 0 Å². The fourth-order valence-electron chi connectivity index (χ4n) is 7.37. The van der Waals surface area contributed by atoms with Crippen molar-refractivity contribution < 1.29 is 0 Å². The standard InChI is InChI=1S/C49H31N5/c1-32-22-23-47-43(24-32)40-20-8-9-21-46(40)54(47)48-41(37-18-10-12-33(25-37)30-50)27-39(28-42(48)38-19-11-13-34(26-38)31-51)45-29-44(35-14-4-2-5-15-35)52-49(53-45)36-16-6-3-7-17-36/h2-29H,1H3. The lowest BCUT2D eigenvalue weighted by molar-refractivity contribution is 1.17. The maximum atomic E-state index is 10.1. The van der Waals surface area contributed by atoms with Crippen molar-refractivity contribution in [2.45, 2.75) is 6.92 Å². The van der Waals surface area contributed by atoms with Gasteiger partial charge in [0.1, 0.15) is 0 Å². The highest BCUT2D eigenvalue weighted by Crippen LogP contribution is 2.44. The molecular weight excluding hydrogens is 659 g/mol. The van der Waals surface area contributed by atoms with Gasteiger partial charge in [-0.1, -0.05) is 115 Å². The highest BCUT2D eigenvalue weighted by atomic mass is 15.0. The summed E-state index contributed by atoms with van der Waals surface area (Å²) in [6, 6.07) is 61.9. The second-order valence-electron chi connectivity index (χ2n) is 13.4. The minimum absolute atomic E-state index is 0.564. The Hall–Kier alpha value is -7.60. The van der Waals surface area contributed by atoms with Gasteiger partial charge in [0.2, 0.25) is 0 Å². The van der Waals surface area contributed by atoms with Gasteiger partial charge < -0.3 is 4.57 Å². The van der Waals surface area contributed by atoms with Crippen LogP contribution < -0.4 is 0 Å². The zero-order chi connectivity index (χ0) is 36.6. The average Bonchev–Trinajstić information content (AvgIpc) is 3.56. The summed E-state index contributed by atoms with van der Waals surface area (Å²) in [4.78, 5) is 10.3. The molecule has 0 bridgehead atoms. The number of aryl methyl sites for hydroxylation is 1. The lowest BCUT2D eigenvalue weighted by Gasteiger charge is -2.21. The van der Waals surface area contributed by atoms with Crippen LogP contribution in [0.5, 0.6) is 0 Å². The van der Waals surface area contributed by atoms with Crippen LogP contribution in [0.15, 0.2) is 170 Å². The van der Waals surface area contributed by atoms with Crippen molar-refractivity contribution in [1.29, 1.82) is 10.5 Å². The first-order valence-electron chi connectivity index (χ1n) is 17.8. The van der Waals surface area contributed by atoms with E-state index >= 15 is 0 Å². The summed E-state index contributed by atoms with van der Waals surface area (Å²) >= 11 is 0. The maximum Gasteiger partial charge on any atom is 0.160 e. The fraction of sp³-hybridized carbons (Fsp3) is 0.0204. The van der Waals surface area contributed by atoms with E-state index in [4.69, 9.17) is 9.97 Å². The van der Waals surface area contributed by atoms with Crippen LogP contribution in [0, 0.1) is 29.6 Å². The number of hydrogen-bond donors (Lipinski definition) is 0. The molecule has 0 saturated carbocycles. The zero-order valence-electron chi connectivity index (χ0n) is 29.4. The van der Waals surface area contributed by atoms with E-state index in [1.165, 1.54) is 5.56 Å². The Morgan fingerprint density at radius 3 is 1.61 bits per heavy atom. The van der Waals surface area contributed by atoms with Crippen LogP contribution in [-0.2, 0) is 0 Å². The van der Waals surface area contributed by atoms with Crippen molar-refractivity contribution in [1.82, 2.24) is 14.5 Å². The Morgan fingerprint density at radius 1 is 0.444 bits per heavy atom. The second kappa shape index (κ2) is 13.5. The Balaban J connectivity index is 1.44. The first-order chi connectivity index (χ1) is 26.6. The van der Waals surface area contributed by atoms with Crippen LogP contribution in [0.1, 0.15) is 16.7 Å². The van der Waals surface area contributed by atoms with Gasteiger partial charge in [-0.25, -0.2) is 9.97 Å². The van der Waals surface area contributed by atoms with Gasteiger partial charge >= 0.3 is 0 Å². The number of benzene rings is 7. The summed E-state index contributed by atoms with van der Waals surface area (Å²) < 4.78 is 2.33. The van der Waals surface area contributed by atoms with Gasteiger partial charge in [-0.15, -0.1) is 0 Å². The van der Waals surface area contributed by atoms with Crippen molar-refractivity contribution in [2.75, 3.05) is 0 Å².